The summed E-state index contributed by atoms with van der Waals surface area (Å²) in [7, 11) is 0. The number of likely N-dealkylation sites (N-methyl/N-ethyl adjacent to an activating group) is 1. The fourth-order valence-electron chi connectivity index (χ4n) is 3.06. The number of anilines is 1. The fraction of sp³-hybridized carbons (Fsp3) is 0.312. The highest BCUT2D eigenvalue weighted by Gasteiger charge is 2.24. The first-order chi connectivity index (χ1) is 11.2. The Morgan fingerprint density at radius 1 is 1.22 bits per heavy atom. The van der Waals surface area contributed by atoms with E-state index in [-0.39, 0.29) is 6.04 Å². The van der Waals surface area contributed by atoms with Crippen LogP contribution in [0.5, 0.6) is 0 Å². The molecule has 0 amide bonds. The van der Waals surface area contributed by atoms with E-state index in [1.165, 1.54) is 11.1 Å². The van der Waals surface area contributed by atoms with Crippen LogP contribution in [0.3, 0.4) is 0 Å². The Morgan fingerprint density at radius 2 is 2.09 bits per heavy atom. The van der Waals surface area contributed by atoms with Gasteiger partial charge in [-0.25, -0.2) is 0 Å². The van der Waals surface area contributed by atoms with E-state index < -0.39 is 0 Å². The highest BCUT2D eigenvalue weighted by Crippen LogP contribution is 2.28. The minimum absolute atomic E-state index is 0.222. The predicted octanol–water partition coefficient (Wildman–Crippen LogP) is 2.88. The first-order valence-corrected chi connectivity index (χ1v) is 8.48. The molecule has 0 saturated heterocycles. The second kappa shape index (κ2) is 5.90. The lowest BCUT2D eigenvalue weighted by atomic mass is 9.95. The van der Waals surface area contributed by atoms with E-state index in [4.69, 9.17) is 0 Å². The van der Waals surface area contributed by atoms with Gasteiger partial charge in [0.25, 0.3) is 0 Å². The summed E-state index contributed by atoms with van der Waals surface area (Å²) >= 11 is 3.36. The molecule has 118 valence electrons. The highest BCUT2D eigenvalue weighted by molar-refractivity contribution is 9.10. The Hall–Kier alpha value is -1.99. The van der Waals surface area contributed by atoms with Gasteiger partial charge in [0.1, 0.15) is 5.82 Å². The molecule has 0 radical (unpaired) electrons. The molecule has 6 nitrogen and oxygen atoms in total. The molecule has 7 heteroatoms. The van der Waals surface area contributed by atoms with Crippen molar-refractivity contribution in [1.82, 2.24) is 24.7 Å². The zero-order valence-electron chi connectivity index (χ0n) is 12.8. The number of nitrogens with one attached hydrogen (secondary N) is 1. The third-order valence-electron chi connectivity index (χ3n) is 4.26. The Kier molecular flexibility index (Phi) is 3.74. The van der Waals surface area contributed by atoms with Crippen molar-refractivity contribution in [3.8, 4) is 0 Å². The number of benzene rings is 1. The molecular weight excluding hydrogens is 356 g/mol. The maximum Gasteiger partial charge on any atom is 0.221 e. The number of fused-ring (bicyclic) bond motifs is 2. The summed E-state index contributed by atoms with van der Waals surface area (Å²) in [5.41, 5.74) is 3.45. The maximum absolute atomic E-state index is 4.57. The van der Waals surface area contributed by atoms with Crippen LogP contribution < -0.4 is 5.32 Å². The van der Waals surface area contributed by atoms with Gasteiger partial charge in [-0.15, -0.1) is 15.3 Å². The summed E-state index contributed by atoms with van der Waals surface area (Å²) in [6, 6.07) is 12.7. The van der Waals surface area contributed by atoms with Gasteiger partial charge in [-0.05, 0) is 45.7 Å². The molecule has 0 fully saturated rings. The molecule has 1 aliphatic heterocycles. The number of hydrogen-bond donors (Lipinski definition) is 1. The summed E-state index contributed by atoms with van der Waals surface area (Å²) in [6.07, 6.45) is 0. The number of rotatable bonds is 3. The minimum atomic E-state index is 0.222. The second-order valence-corrected chi connectivity index (χ2v) is 6.39. The van der Waals surface area contributed by atoms with Gasteiger partial charge in [-0.1, -0.05) is 31.2 Å². The minimum Gasteiger partial charge on any atom is -0.361 e. The molecule has 3 heterocycles. The number of aromatic nitrogens is 4. The lowest BCUT2D eigenvalue weighted by molar-refractivity contribution is 0.250. The third-order valence-corrected chi connectivity index (χ3v) is 4.75. The van der Waals surface area contributed by atoms with Crippen molar-refractivity contribution in [1.29, 1.82) is 0 Å². The van der Waals surface area contributed by atoms with Crippen molar-refractivity contribution in [3.05, 3.63) is 52.3 Å². The Bertz CT molecular complexity index is 845. The summed E-state index contributed by atoms with van der Waals surface area (Å²) < 4.78 is 2.30. The quantitative estimate of drug-likeness (QED) is 0.765. The van der Waals surface area contributed by atoms with Crippen LogP contribution in [0.15, 0.2) is 41.1 Å². The zero-order valence-corrected chi connectivity index (χ0v) is 14.4. The molecule has 3 aromatic rings. The number of halogens is 1. The van der Waals surface area contributed by atoms with Crippen molar-refractivity contribution in [2.75, 3.05) is 18.4 Å². The van der Waals surface area contributed by atoms with Crippen molar-refractivity contribution in [2.45, 2.75) is 19.5 Å². The average Bonchev–Trinajstić information content (AvgIpc) is 2.95. The summed E-state index contributed by atoms with van der Waals surface area (Å²) in [5.74, 6) is 0.816. The topological polar surface area (TPSA) is 58.3 Å². The molecule has 4 rings (SSSR count). The third kappa shape index (κ3) is 2.70. The molecule has 1 aromatic carbocycles. The first kappa shape index (κ1) is 14.6. The van der Waals surface area contributed by atoms with Crippen molar-refractivity contribution < 1.29 is 0 Å². The number of nitrogens with zero attached hydrogens (tertiary/aromatic N) is 5. The van der Waals surface area contributed by atoms with Gasteiger partial charge in [-0.2, -0.15) is 4.52 Å². The van der Waals surface area contributed by atoms with E-state index in [2.05, 4.69) is 72.6 Å². The molecule has 0 saturated carbocycles. The molecule has 1 aliphatic rings. The van der Waals surface area contributed by atoms with Crippen LogP contribution in [0, 0.1) is 0 Å². The molecule has 0 spiro atoms. The lowest BCUT2D eigenvalue weighted by Crippen LogP contribution is -2.36. The van der Waals surface area contributed by atoms with Gasteiger partial charge in [0.15, 0.2) is 5.65 Å². The van der Waals surface area contributed by atoms with Crippen molar-refractivity contribution in [3.63, 3.8) is 0 Å². The Morgan fingerprint density at radius 3 is 2.96 bits per heavy atom. The SMILES string of the molecule is CCN1Cc2ccccc2C(Nc2ccc3nnc(Br)n3n2)C1. The zero-order chi connectivity index (χ0) is 15.8. The molecule has 0 bridgehead atoms. The lowest BCUT2D eigenvalue weighted by Gasteiger charge is -2.34. The predicted molar refractivity (Wildman–Crippen MR) is 92.2 cm³/mol. The first-order valence-electron chi connectivity index (χ1n) is 7.69. The molecule has 2 aromatic heterocycles. The number of hydrogen-bond acceptors (Lipinski definition) is 5. The highest BCUT2D eigenvalue weighted by atomic mass is 79.9. The van der Waals surface area contributed by atoms with Crippen molar-refractivity contribution >= 4 is 27.4 Å². The maximum atomic E-state index is 4.57. The van der Waals surface area contributed by atoms with E-state index in [0.717, 1.165) is 31.1 Å². The Balaban J connectivity index is 1.67. The summed E-state index contributed by atoms with van der Waals surface area (Å²) in [6.45, 7) is 5.21. The monoisotopic (exact) mass is 372 g/mol. The van der Waals surface area contributed by atoms with Gasteiger partial charge < -0.3 is 5.32 Å². The smallest absolute Gasteiger partial charge is 0.221 e. The molecule has 1 N–H and O–H groups in total. The van der Waals surface area contributed by atoms with Crippen LogP contribution in [0.1, 0.15) is 24.1 Å². The van der Waals surface area contributed by atoms with E-state index in [9.17, 15) is 0 Å². The largest absolute Gasteiger partial charge is 0.361 e. The van der Waals surface area contributed by atoms with Gasteiger partial charge in [-0.3, -0.25) is 4.90 Å². The van der Waals surface area contributed by atoms with Gasteiger partial charge in [0, 0.05) is 13.1 Å². The van der Waals surface area contributed by atoms with Crippen LogP contribution in [-0.2, 0) is 6.54 Å². The summed E-state index contributed by atoms with van der Waals surface area (Å²) in [4.78, 5) is 2.44. The standard InChI is InChI=1S/C16H17BrN6/c1-2-22-9-11-5-3-4-6-12(11)13(10-22)18-14-7-8-15-19-20-16(17)23(15)21-14/h3-8,13H,2,9-10H2,1H3,(H,18,21). The second-order valence-electron chi connectivity index (χ2n) is 5.68. The van der Waals surface area contributed by atoms with Gasteiger partial charge in [0.05, 0.1) is 6.04 Å². The molecular formula is C16H17BrN6. The summed E-state index contributed by atoms with van der Waals surface area (Å²) in [5, 5.41) is 16.1. The van der Waals surface area contributed by atoms with Crippen LogP contribution in [0.2, 0.25) is 0 Å². The van der Waals surface area contributed by atoms with Crippen LogP contribution in [0.4, 0.5) is 5.82 Å². The molecule has 1 unspecified atom stereocenters. The molecule has 0 aliphatic carbocycles. The fourth-order valence-corrected chi connectivity index (χ4v) is 3.40. The van der Waals surface area contributed by atoms with Crippen LogP contribution in [-0.4, -0.2) is 37.8 Å². The average molecular weight is 373 g/mol. The van der Waals surface area contributed by atoms with E-state index in [1.54, 1.807) is 4.52 Å². The Labute approximate surface area is 142 Å². The molecule has 23 heavy (non-hydrogen) atoms. The van der Waals surface area contributed by atoms with Crippen LogP contribution in [0.25, 0.3) is 5.65 Å². The van der Waals surface area contributed by atoms with Gasteiger partial charge in [0.2, 0.25) is 4.73 Å². The van der Waals surface area contributed by atoms with E-state index in [1.807, 2.05) is 12.1 Å². The van der Waals surface area contributed by atoms with Gasteiger partial charge >= 0.3 is 0 Å². The normalized spacial score (nSPS) is 18.1. The van der Waals surface area contributed by atoms with E-state index in [0.29, 0.717) is 4.73 Å². The molecule has 1 atom stereocenters. The van der Waals surface area contributed by atoms with E-state index >= 15 is 0 Å². The van der Waals surface area contributed by atoms with Crippen molar-refractivity contribution in [2.24, 2.45) is 0 Å². The van der Waals surface area contributed by atoms with Crippen LogP contribution >= 0.6 is 15.9 Å².